The van der Waals surface area contributed by atoms with Gasteiger partial charge in [0.25, 0.3) is 0 Å². The molecule has 81 heavy (non-hydrogen) atoms. The second kappa shape index (κ2) is 26.2. The molecular weight excluding hydrogens is 1120 g/mol. The third kappa shape index (κ3) is 12.8. The number of nitrogens with one attached hydrogen (secondary N) is 1. The number of nitrogens with zero attached hydrogens (tertiary/aromatic N) is 7. The van der Waals surface area contributed by atoms with E-state index in [0.29, 0.717) is 65.0 Å². The molecule has 21 heteroatoms. The van der Waals surface area contributed by atoms with Gasteiger partial charge in [-0.05, 0) is 80.6 Å². The van der Waals surface area contributed by atoms with E-state index in [9.17, 15) is 18.8 Å². The number of hydrogen-bond acceptors (Lipinski definition) is 13. The minimum Gasteiger partial charge on any atom is -0.465 e. The van der Waals surface area contributed by atoms with Crippen LogP contribution in [0.1, 0.15) is 95.7 Å². The number of piperazine rings is 2. The van der Waals surface area contributed by atoms with Crippen molar-refractivity contribution in [1.82, 2.24) is 29.7 Å². The molecule has 4 aliphatic rings. The Hall–Kier alpha value is -6.47. The first-order chi connectivity index (χ1) is 38.2. The Kier molecular flexibility index (Phi) is 19.6. The third-order valence-corrected chi connectivity index (χ3v) is 16.2. The van der Waals surface area contributed by atoms with Crippen LogP contribution in [-0.2, 0) is 41.2 Å². The van der Waals surface area contributed by atoms with Gasteiger partial charge in [-0.2, -0.15) is 0 Å². The van der Waals surface area contributed by atoms with Gasteiger partial charge in [-0.1, -0.05) is 83.7 Å². The molecule has 2 aliphatic heterocycles. The maximum absolute atomic E-state index is 15.2. The van der Waals surface area contributed by atoms with Crippen LogP contribution in [0.5, 0.6) is 0 Å². The molecule has 8 aromatic rings. The van der Waals surface area contributed by atoms with Crippen molar-refractivity contribution in [1.29, 1.82) is 0 Å². The lowest BCUT2D eigenvalue weighted by Crippen LogP contribution is -2.47. The Morgan fingerprint density at radius 1 is 0.654 bits per heavy atom. The number of halogens is 6. The Morgan fingerprint density at radius 3 is 1.49 bits per heavy atom. The van der Waals surface area contributed by atoms with Crippen molar-refractivity contribution < 1.29 is 41.7 Å². The summed E-state index contributed by atoms with van der Waals surface area (Å²) in [6, 6.07) is 17.6. The first-order valence-corrected chi connectivity index (χ1v) is 27.7. The molecule has 0 unspecified atom stereocenters. The maximum atomic E-state index is 15.2. The number of carbonyl (C=O) groups is 3. The molecule has 0 spiro atoms. The van der Waals surface area contributed by atoms with Crippen LogP contribution in [0.25, 0.3) is 44.3 Å². The lowest BCUT2D eigenvalue weighted by atomic mass is 10.0. The Bertz CT molecular complexity index is 3540. The van der Waals surface area contributed by atoms with Crippen molar-refractivity contribution in [2.24, 2.45) is 14.1 Å². The number of aldehydes is 1. The number of esters is 2. The monoisotopic (exact) mass is 1190 g/mol. The number of benzene rings is 4. The summed E-state index contributed by atoms with van der Waals surface area (Å²) in [5, 5.41) is 14.5. The van der Waals surface area contributed by atoms with Crippen LogP contribution >= 0.6 is 46.4 Å². The minimum atomic E-state index is -0.543. The number of hydrogen-bond donors (Lipinski definition) is 1. The van der Waals surface area contributed by atoms with Gasteiger partial charge in [-0.25, -0.2) is 18.4 Å². The molecule has 0 bridgehead atoms. The van der Waals surface area contributed by atoms with E-state index in [4.69, 9.17) is 64.9 Å². The second-order valence-electron chi connectivity index (χ2n) is 20.1. The van der Waals surface area contributed by atoms with Crippen LogP contribution in [0.3, 0.4) is 0 Å². The number of rotatable bonds is 13. The van der Waals surface area contributed by atoms with Gasteiger partial charge in [-0.3, -0.25) is 4.90 Å². The Labute approximate surface area is 489 Å². The van der Waals surface area contributed by atoms with E-state index in [1.54, 1.807) is 53.8 Å². The molecule has 6 heterocycles. The lowest BCUT2D eigenvalue weighted by molar-refractivity contribution is -0.107. The van der Waals surface area contributed by atoms with Gasteiger partial charge < -0.3 is 47.6 Å². The normalized spacial score (nSPS) is 15.3. The second-order valence-corrected chi connectivity index (χ2v) is 21.7. The average Bonchev–Trinajstić information content (AvgIpc) is 4.36. The van der Waals surface area contributed by atoms with E-state index in [1.807, 2.05) is 30.3 Å². The fourth-order valence-electron chi connectivity index (χ4n) is 10.6. The zero-order valence-electron chi connectivity index (χ0n) is 44.0. The van der Waals surface area contributed by atoms with Crippen LogP contribution in [0.15, 0.2) is 82.1 Å². The largest absolute Gasteiger partial charge is 0.465 e. The van der Waals surface area contributed by atoms with Gasteiger partial charge in [0, 0.05) is 137 Å². The number of fused-ring (bicyclic) bond motifs is 2. The summed E-state index contributed by atoms with van der Waals surface area (Å²) < 4.78 is 54.0. The van der Waals surface area contributed by atoms with Crippen molar-refractivity contribution in [2.75, 3.05) is 82.9 Å². The molecule has 2 saturated carbocycles. The molecule has 2 aliphatic carbocycles. The van der Waals surface area contributed by atoms with E-state index in [2.05, 4.69) is 30.3 Å². The van der Waals surface area contributed by atoms with E-state index in [1.165, 1.54) is 26.4 Å². The van der Waals surface area contributed by atoms with Gasteiger partial charge in [0.1, 0.15) is 40.8 Å². The summed E-state index contributed by atoms with van der Waals surface area (Å²) >= 11 is 25.4. The van der Waals surface area contributed by atoms with E-state index >= 15 is 4.39 Å². The molecular formula is C60H66Cl4F2N8O7. The number of methoxy groups -OCH3 is 2. The SMILES string of the molecule is C.C.COC(=O)c1cn(C)c2cc(N3CCN(CCc4c(-c5c(Cl)cccc5Cl)noc4C4CC4)CC3)cc(F)c12.COC(=O)c1cn(C)c2cc(N3CCNCC3)cc(F)c12.O=CCc1c(-c2c(Cl)cccc2Cl)noc1C1CC1. The molecule has 12 rings (SSSR count). The molecule has 4 aromatic heterocycles. The molecule has 0 amide bonds. The summed E-state index contributed by atoms with van der Waals surface area (Å²) in [6.07, 6.45) is 9.52. The maximum Gasteiger partial charge on any atom is 0.340 e. The molecule has 2 saturated heterocycles. The molecule has 15 nitrogen and oxygen atoms in total. The van der Waals surface area contributed by atoms with Crippen LogP contribution in [-0.4, -0.2) is 116 Å². The quantitative estimate of drug-likeness (QED) is 0.0861. The molecule has 4 aromatic carbocycles. The molecule has 430 valence electrons. The summed E-state index contributed by atoms with van der Waals surface area (Å²) in [6.45, 7) is 7.53. The highest BCUT2D eigenvalue weighted by Gasteiger charge is 2.35. The number of aromatic nitrogens is 4. The van der Waals surface area contributed by atoms with Gasteiger partial charge in [0.2, 0.25) is 0 Å². The van der Waals surface area contributed by atoms with Gasteiger partial charge in [0.05, 0.1) is 67.2 Å². The van der Waals surface area contributed by atoms with Crippen molar-refractivity contribution in [2.45, 2.75) is 65.2 Å². The molecule has 4 fully saturated rings. The third-order valence-electron chi connectivity index (χ3n) is 15.0. The number of carbonyl (C=O) groups excluding carboxylic acids is 3. The highest BCUT2D eigenvalue weighted by molar-refractivity contribution is 6.39. The summed E-state index contributed by atoms with van der Waals surface area (Å²) in [7, 11) is 6.21. The first-order valence-electron chi connectivity index (χ1n) is 26.1. The van der Waals surface area contributed by atoms with Crippen molar-refractivity contribution in [3.8, 4) is 22.5 Å². The predicted octanol–water partition coefficient (Wildman–Crippen LogP) is 13.4. The van der Waals surface area contributed by atoms with Gasteiger partial charge in [-0.15, -0.1) is 0 Å². The zero-order valence-corrected chi connectivity index (χ0v) is 47.0. The fraction of sp³-hybridized carbons (Fsp3) is 0.383. The summed E-state index contributed by atoms with van der Waals surface area (Å²) in [5.74, 6) is 0.695. The van der Waals surface area contributed by atoms with Gasteiger partial charge in [0.15, 0.2) is 0 Å². The fourth-order valence-corrected chi connectivity index (χ4v) is 11.7. The average molecular weight is 1190 g/mol. The zero-order chi connectivity index (χ0) is 55.6. The lowest BCUT2D eigenvalue weighted by Gasteiger charge is -2.36. The highest BCUT2D eigenvalue weighted by atomic mass is 35.5. The van der Waals surface area contributed by atoms with E-state index in [0.717, 1.165) is 143 Å². The molecule has 1 N–H and O–H groups in total. The Balaban J connectivity index is 0.000000173. The standard InChI is InChI=1S/C29H29Cl2FN4O3.C15H18FN3O2.C14H11Cl2NO2.2CH4/c1-34-16-20(29(37)38-2)25-23(32)14-18(15-24(25)34)36-12-10-35(11-13-36)9-8-19-27(33-39-28(19)17-6-7-17)26-21(30)4-3-5-22(26)31;1-18-9-11(15(20)21-2)14-12(16)7-10(8-13(14)18)19-5-3-17-4-6-19;15-10-2-1-3-11(16)12(10)13-9(6-7-18)14(19-17-13)8-4-5-8;;/h3-5,14-17H,6-13H2,1-2H3;7-9,17H,3-6H2,1-2H3;1-3,7-8H,4-6H2;2*1H4. The molecule has 0 atom stereocenters. The summed E-state index contributed by atoms with van der Waals surface area (Å²) in [4.78, 5) is 41.5. The number of anilines is 2. The van der Waals surface area contributed by atoms with E-state index < -0.39 is 17.8 Å². The van der Waals surface area contributed by atoms with E-state index in [-0.39, 0.29) is 38.2 Å². The van der Waals surface area contributed by atoms with Crippen molar-refractivity contribution in [3.05, 3.63) is 139 Å². The highest BCUT2D eigenvalue weighted by Crippen LogP contribution is 2.47. The topological polar surface area (TPSA) is 153 Å². The number of ether oxygens (including phenoxy) is 2. The minimum absolute atomic E-state index is 0. The molecule has 0 radical (unpaired) electrons. The van der Waals surface area contributed by atoms with Crippen LogP contribution < -0.4 is 15.1 Å². The van der Waals surface area contributed by atoms with Crippen molar-refractivity contribution >= 4 is 97.8 Å². The van der Waals surface area contributed by atoms with Crippen LogP contribution in [0, 0.1) is 11.6 Å². The first kappa shape index (κ1) is 60.6. The van der Waals surface area contributed by atoms with Crippen LogP contribution in [0.2, 0.25) is 20.1 Å². The smallest absolute Gasteiger partial charge is 0.340 e. The predicted molar refractivity (Wildman–Crippen MR) is 317 cm³/mol. The van der Waals surface area contributed by atoms with Crippen LogP contribution in [0.4, 0.5) is 20.2 Å². The summed E-state index contributed by atoms with van der Waals surface area (Å²) in [5.41, 5.74) is 8.11. The van der Waals surface area contributed by atoms with Gasteiger partial charge >= 0.3 is 11.9 Å². The van der Waals surface area contributed by atoms with Crippen molar-refractivity contribution in [3.63, 3.8) is 0 Å². The Morgan fingerprint density at radius 2 is 1.07 bits per heavy atom. The number of aryl methyl sites for hydroxylation is 2.